The number of carbonyl (C=O) groups excluding carboxylic acids is 1. The third-order valence-electron chi connectivity index (χ3n) is 4.42. The van der Waals surface area contributed by atoms with Gasteiger partial charge in [0.2, 0.25) is 0 Å². The van der Waals surface area contributed by atoms with Crippen molar-refractivity contribution < 1.29 is 9.53 Å². The predicted octanol–water partition coefficient (Wildman–Crippen LogP) is 5.57. The molecule has 0 aliphatic rings. The molecule has 0 bridgehead atoms. The Morgan fingerprint density at radius 3 is 2.48 bits per heavy atom. The number of aromatic nitrogens is 1. The number of nitrogens with zero attached hydrogens (tertiary/aromatic N) is 1. The highest BCUT2D eigenvalue weighted by atomic mass is 32.1. The molecule has 4 nitrogen and oxygen atoms in total. The van der Waals surface area contributed by atoms with Crippen molar-refractivity contribution in [1.82, 2.24) is 10.3 Å². The summed E-state index contributed by atoms with van der Waals surface area (Å²) in [6, 6.07) is 25.3. The molecule has 0 atom stereocenters. The highest BCUT2D eigenvalue weighted by Crippen LogP contribution is 2.28. The van der Waals surface area contributed by atoms with E-state index in [0.717, 1.165) is 27.5 Å². The van der Waals surface area contributed by atoms with Crippen LogP contribution in [0.25, 0.3) is 10.4 Å². The Kier molecular flexibility index (Phi) is 5.98. The normalized spacial score (nSPS) is 10.5. The molecule has 0 fully saturated rings. The van der Waals surface area contributed by atoms with Gasteiger partial charge in [-0.2, -0.15) is 0 Å². The average molecular weight is 401 g/mol. The van der Waals surface area contributed by atoms with Crippen molar-refractivity contribution in [1.29, 1.82) is 0 Å². The van der Waals surface area contributed by atoms with Crippen LogP contribution in [-0.4, -0.2) is 17.4 Å². The molecular formula is C24H20N2O2S. The van der Waals surface area contributed by atoms with Gasteiger partial charge < -0.3 is 10.1 Å². The van der Waals surface area contributed by atoms with E-state index in [1.807, 2.05) is 78.9 Å². The molecule has 0 aliphatic carbocycles. The second-order valence-electron chi connectivity index (χ2n) is 6.43. The number of hydrogen-bond donors (Lipinski definition) is 1. The number of amides is 1. The highest BCUT2D eigenvalue weighted by Gasteiger charge is 2.11. The number of carbonyl (C=O) groups is 1. The van der Waals surface area contributed by atoms with Gasteiger partial charge in [-0.1, -0.05) is 36.4 Å². The molecule has 0 saturated carbocycles. The minimum absolute atomic E-state index is 0.0586. The average Bonchev–Trinajstić information content (AvgIpc) is 3.27. The van der Waals surface area contributed by atoms with Gasteiger partial charge >= 0.3 is 0 Å². The molecule has 29 heavy (non-hydrogen) atoms. The fraction of sp³-hybridized carbons (Fsp3) is 0.0833. The molecule has 0 aliphatic heterocycles. The minimum atomic E-state index is -0.0586. The first kappa shape index (κ1) is 18.9. The summed E-state index contributed by atoms with van der Waals surface area (Å²) in [6.07, 6.45) is 4.20. The lowest BCUT2D eigenvalue weighted by Gasteiger charge is -2.11. The second-order valence-corrected chi connectivity index (χ2v) is 7.51. The van der Waals surface area contributed by atoms with Crippen LogP contribution in [0.4, 0.5) is 0 Å². The van der Waals surface area contributed by atoms with Gasteiger partial charge in [0.15, 0.2) is 0 Å². The van der Waals surface area contributed by atoms with Crippen molar-refractivity contribution >= 4 is 17.2 Å². The summed E-state index contributed by atoms with van der Waals surface area (Å²) in [5.41, 5.74) is 2.12. The summed E-state index contributed by atoms with van der Waals surface area (Å²) in [7, 11) is 0. The number of rotatable bonds is 7. The molecule has 0 radical (unpaired) electrons. The van der Waals surface area contributed by atoms with E-state index in [-0.39, 0.29) is 5.91 Å². The van der Waals surface area contributed by atoms with Gasteiger partial charge in [-0.05, 0) is 60.0 Å². The summed E-state index contributed by atoms with van der Waals surface area (Å²) in [5.74, 6) is 1.55. The van der Waals surface area contributed by atoms with Gasteiger partial charge in [0, 0.05) is 23.8 Å². The molecule has 0 saturated heterocycles. The van der Waals surface area contributed by atoms with Crippen molar-refractivity contribution in [2.75, 3.05) is 6.54 Å². The van der Waals surface area contributed by atoms with Crippen molar-refractivity contribution in [2.24, 2.45) is 0 Å². The minimum Gasteiger partial charge on any atom is -0.457 e. The van der Waals surface area contributed by atoms with Crippen molar-refractivity contribution in [3.8, 4) is 21.9 Å². The predicted molar refractivity (Wildman–Crippen MR) is 117 cm³/mol. The standard InChI is InChI=1S/C24H20N2O2S/c27-24(23-11-10-22(29-23)19-12-15-25-16-13-19)26-17-14-18-6-4-5-9-21(18)28-20-7-2-1-3-8-20/h1-13,15-16H,14,17H2,(H,26,27). The topological polar surface area (TPSA) is 51.2 Å². The number of thiophene rings is 1. The van der Waals surface area contributed by atoms with Crippen LogP contribution in [0.1, 0.15) is 15.2 Å². The van der Waals surface area contributed by atoms with Crippen LogP contribution in [-0.2, 0) is 6.42 Å². The summed E-state index contributed by atoms with van der Waals surface area (Å²) < 4.78 is 5.99. The Bertz CT molecular complexity index is 1080. The molecule has 144 valence electrons. The van der Waals surface area contributed by atoms with E-state index in [1.165, 1.54) is 11.3 Å². The van der Waals surface area contributed by atoms with Crippen LogP contribution in [0.2, 0.25) is 0 Å². The number of nitrogens with one attached hydrogen (secondary N) is 1. The lowest BCUT2D eigenvalue weighted by molar-refractivity contribution is 0.0958. The maximum absolute atomic E-state index is 12.5. The Morgan fingerprint density at radius 1 is 0.897 bits per heavy atom. The fourth-order valence-corrected chi connectivity index (χ4v) is 3.88. The van der Waals surface area contributed by atoms with E-state index < -0.39 is 0 Å². The van der Waals surface area contributed by atoms with E-state index in [2.05, 4.69) is 10.3 Å². The molecule has 0 unspecified atom stereocenters. The van der Waals surface area contributed by atoms with E-state index in [9.17, 15) is 4.79 Å². The first-order chi connectivity index (χ1) is 14.3. The molecule has 2 aromatic carbocycles. The van der Waals surface area contributed by atoms with E-state index in [1.54, 1.807) is 12.4 Å². The lowest BCUT2D eigenvalue weighted by atomic mass is 10.1. The summed E-state index contributed by atoms with van der Waals surface area (Å²) in [4.78, 5) is 18.3. The number of pyridine rings is 1. The Morgan fingerprint density at radius 2 is 1.66 bits per heavy atom. The van der Waals surface area contributed by atoms with Gasteiger partial charge in [0.1, 0.15) is 11.5 Å². The van der Waals surface area contributed by atoms with E-state index in [0.29, 0.717) is 17.8 Å². The van der Waals surface area contributed by atoms with Crippen LogP contribution in [0.15, 0.2) is 91.3 Å². The molecule has 1 amide bonds. The SMILES string of the molecule is O=C(NCCc1ccccc1Oc1ccccc1)c1ccc(-c2ccncc2)s1. The third-order valence-corrected chi connectivity index (χ3v) is 5.55. The van der Waals surface area contributed by atoms with Gasteiger partial charge in [0.25, 0.3) is 5.91 Å². The van der Waals surface area contributed by atoms with Crippen LogP contribution in [0.5, 0.6) is 11.5 Å². The number of benzene rings is 2. The Hall–Kier alpha value is -3.44. The quantitative estimate of drug-likeness (QED) is 0.441. The van der Waals surface area contributed by atoms with Crippen LogP contribution in [0.3, 0.4) is 0 Å². The van der Waals surface area contributed by atoms with Crippen LogP contribution in [0, 0.1) is 0 Å². The molecule has 1 N–H and O–H groups in total. The third kappa shape index (κ3) is 4.89. The number of hydrogen-bond acceptors (Lipinski definition) is 4. The summed E-state index contributed by atoms with van der Waals surface area (Å²) in [6.45, 7) is 0.538. The zero-order valence-electron chi connectivity index (χ0n) is 15.7. The fourth-order valence-electron chi connectivity index (χ4n) is 2.95. The monoisotopic (exact) mass is 400 g/mol. The Balaban J connectivity index is 1.36. The largest absolute Gasteiger partial charge is 0.457 e. The van der Waals surface area contributed by atoms with Crippen molar-refractivity contribution in [2.45, 2.75) is 6.42 Å². The molecule has 5 heteroatoms. The van der Waals surface area contributed by atoms with Crippen LogP contribution >= 0.6 is 11.3 Å². The zero-order chi connectivity index (χ0) is 19.9. The molecule has 4 rings (SSSR count). The Labute approximate surface area is 173 Å². The number of ether oxygens (including phenoxy) is 1. The molecule has 4 aromatic rings. The van der Waals surface area contributed by atoms with Crippen LogP contribution < -0.4 is 10.1 Å². The lowest BCUT2D eigenvalue weighted by Crippen LogP contribution is -2.24. The summed E-state index contributed by atoms with van der Waals surface area (Å²) >= 11 is 1.48. The molecule has 0 spiro atoms. The van der Waals surface area contributed by atoms with Crippen molar-refractivity contribution in [3.63, 3.8) is 0 Å². The number of para-hydroxylation sites is 2. The summed E-state index contributed by atoms with van der Waals surface area (Å²) in [5, 5.41) is 3.01. The molecule has 2 heterocycles. The molecule has 2 aromatic heterocycles. The maximum atomic E-state index is 12.5. The van der Waals surface area contributed by atoms with Gasteiger partial charge in [-0.15, -0.1) is 11.3 Å². The first-order valence-electron chi connectivity index (χ1n) is 9.39. The van der Waals surface area contributed by atoms with Gasteiger partial charge in [0.05, 0.1) is 4.88 Å². The smallest absolute Gasteiger partial charge is 0.261 e. The molecular weight excluding hydrogens is 380 g/mol. The van der Waals surface area contributed by atoms with E-state index in [4.69, 9.17) is 4.74 Å². The van der Waals surface area contributed by atoms with Gasteiger partial charge in [-0.25, -0.2) is 0 Å². The highest BCUT2D eigenvalue weighted by molar-refractivity contribution is 7.17. The maximum Gasteiger partial charge on any atom is 0.261 e. The van der Waals surface area contributed by atoms with E-state index >= 15 is 0 Å². The van der Waals surface area contributed by atoms with Crippen molar-refractivity contribution in [3.05, 3.63) is 102 Å². The second kappa shape index (κ2) is 9.17. The first-order valence-corrected chi connectivity index (χ1v) is 10.2. The zero-order valence-corrected chi connectivity index (χ0v) is 16.6. The van der Waals surface area contributed by atoms with Gasteiger partial charge in [-0.3, -0.25) is 9.78 Å².